The fraction of sp³-hybridized carbons (Fsp3) is 0.562. The molecule has 1 atom stereocenters. The third kappa shape index (κ3) is 5.63. The number of likely N-dealkylation sites (N-methyl/N-ethyl adjacent to an activating group) is 1. The number of nitrogens with zero attached hydrogens (tertiary/aromatic N) is 1. The van der Waals surface area contributed by atoms with Crippen molar-refractivity contribution in [2.75, 3.05) is 38.7 Å². The van der Waals surface area contributed by atoms with E-state index in [0.29, 0.717) is 17.2 Å². The number of carbonyl (C=O) groups is 1. The number of hydrogen-bond acceptors (Lipinski definition) is 4. The first-order valence-electron chi connectivity index (χ1n) is 7.36. The van der Waals surface area contributed by atoms with Gasteiger partial charge >= 0.3 is 0 Å². The molecule has 4 N–H and O–H groups in total. The molecule has 0 heterocycles. The molecule has 0 saturated carbocycles. The van der Waals surface area contributed by atoms with Crippen LogP contribution in [0.5, 0.6) is 0 Å². The van der Waals surface area contributed by atoms with E-state index in [0.717, 1.165) is 18.7 Å². The second-order valence-corrected chi connectivity index (χ2v) is 6.12. The van der Waals surface area contributed by atoms with Crippen LogP contribution in [-0.2, 0) is 0 Å². The summed E-state index contributed by atoms with van der Waals surface area (Å²) in [7, 11) is 5.73. The molecule has 1 rings (SSSR count). The van der Waals surface area contributed by atoms with Crippen molar-refractivity contribution in [2.45, 2.75) is 26.3 Å². The molecule has 0 saturated heterocycles. The second kappa shape index (κ2) is 7.88. The standard InChI is InChI=1S/C16H28N4O/c1-11(2)8-13(10-20(4)5)19-15-9-12(17)6-7-14(15)16(21)18-3/h6-7,9,11,13,19H,8,10,17H2,1-5H3,(H,18,21). The van der Waals surface area contributed by atoms with Gasteiger partial charge in [-0.15, -0.1) is 0 Å². The number of hydrogen-bond donors (Lipinski definition) is 3. The number of benzene rings is 1. The average Bonchev–Trinajstić information content (AvgIpc) is 2.36. The van der Waals surface area contributed by atoms with Gasteiger partial charge in [0.15, 0.2) is 0 Å². The van der Waals surface area contributed by atoms with E-state index in [1.807, 2.05) is 20.2 Å². The Hall–Kier alpha value is -1.75. The van der Waals surface area contributed by atoms with Crippen molar-refractivity contribution in [1.82, 2.24) is 10.2 Å². The van der Waals surface area contributed by atoms with Crippen molar-refractivity contribution in [3.63, 3.8) is 0 Å². The summed E-state index contributed by atoms with van der Waals surface area (Å²) >= 11 is 0. The van der Waals surface area contributed by atoms with Crippen LogP contribution in [-0.4, -0.2) is 44.5 Å². The minimum Gasteiger partial charge on any atom is -0.399 e. The van der Waals surface area contributed by atoms with Crippen molar-refractivity contribution >= 4 is 17.3 Å². The highest BCUT2D eigenvalue weighted by Crippen LogP contribution is 2.22. The third-order valence-corrected chi connectivity index (χ3v) is 3.22. The Morgan fingerprint density at radius 3 is 2.52 bits per heavy atom. The Labute approximate surface area is 127 Å². The van der Waals surface area contributed by atoms with Gasteiger partial charge < -0.3 is 21.3 Å². The van der Waals surface area contributed by atoms with E-state index in [-0.39, 0.29) is 11.9 Å². The lowest BCUT2D eigenvalue weighted by molar-refractivity contribution is 0.0964. The lowest BCUT2D eigenvalue weighted by atomic mass is 10.0. The number of carbonyl (C=O) groups excluding carboxylic acids is 1. The van der Waals surface area contributed by atoms with Crippen LogP contribution < -0.4 is 16.4 Å². The lowest BCUT2D eigenvalue weighted by Crippen LogP contribution is -2.34. The second-order valence-electron chi connectivity index (χ2n) is 6.12. The normalized spacial score (nSPS) is 12.5. The highest BCUT2D eigenvalue weighted by molar-refractivity contribution is 6.00. The van der Waals surface area contributed by atoms with Crippen LogP contribution in [0.4, 0.5) is 11.4 Å². The van der Waals surface area contributed by atoms with Crippen molar-refractivity contribution in [1.29, 1.82) is 0 Å². The van der Waals surface area contributed by atoms with Crippen molar-refractivity contribution in [2.24, 2.45) is 5.92 Å². The molecule has 1 amide bonds. The molecule has 0 aliphatic heterocycles. The number of nitrogens with two attached hydrogens (primary N) is 1. The first kappa shape index (κ1) is 17.3. The highest BCUT2D eigenvalue weighted by atomic mass is 16.1. The SMILES string of the molecule is CNC(=O)c1ccc(N)cc1NC(CC(C)C)CN(C)C. The summed E-state index contributed by atoms with van der Waals surface area (Å²) < 4.78 is 0. The topological polar surface area (TPSA) is 70.4 Å². The van der Waals surface area contributed by atoms with Crippen molar-refractivity contribution in [3.8, 4) is 0 Å². The molecule has 0 aromatic heterocycles. The summed E-state index contributed by atoms with van der Waals surface area (Å²) in [4.78, 5) is 14.1. The molecule has 0 radical (unpaired) electrons. The minimum atomic E-state index is -0.106. The maximum absolute atomic E-state index is 12.0. The molecular formula is C16H28N4O. The van der Waals surface area contributed by atoms with E-state index in [4.69, 9.17) is 5.73 Å². The molecule has 5 nitrogen and oxygen atoms in total. The first-order valence-corrected chi connectivity index (χ1v) is 7.36. The number of nitrogens with one attached hydrogen (secondary N) is 2. The molecule has 5 heteroatoms. The third-order valence-electron chi connectivity index (χ3n) is 3.22. The summed E-state index contributed by atoms with van der Waals surface area (Å²) in [5.74, 6) is 0.470. The Kier molecular flexibility index (Phi) is 6.49. The van der Waals surface area contributed by atoms with Crippen LogP contribution in [0.3, 0.4) is 0 Å². The molecule has 1 unspecified atom stereocenters. The molecule has 0 spiro atoms. The van der Waals surface area contributed by atoms with E-state index in [2.05, 4.69) is 29.4 Å². The fourth-order valence-electron chi connectivity index (χ4n) is 2.42. The van der Waals surface area contributed by atoms with Gasteiger partial charge in [-0.2, -0.15) is 0 Å². The van der Waals surface area contributed by atoms with E-state index >= 15 is 0 Å². The molecule has 0 bridgehead atoms. The maximum atomic E-state index is 12.0. The van der Waals surface area contributed by atoms with E-state index < -0.39 is 0 Å². The van der Waals surface area contributed by atoms with Crippen LogP contribution in [0.1, 0.15) is 30.6 Å². The number of amides is 1. The largest absolute Gasteiger partial charge is 0.399 e. The van der Waals surface area contributed by atoms with Gasteiger partial charge in [-0.3, -0.25) is 4.79 Å². The Morgan fingerprint density at radius 2 is 2.00 bits per heavy atom. The molecule has 1 aromatic rings. The van der Waals surface area contributed by atoms with Crippen molar-refractivity contribution in [3.05, 3.63) is 23.8 Å². The predicted molar refractivity (Wildman–Crippen MR) is 89.7 cm³/mol. The summed E-state index contributed by atoms with van der Waals surface area (Å²) in [5.41, 5.74) is 7.93. The molecule has 0 aliphatic rings. The quantitative estimate of drug-likeness (QED) is 0.672. The Morgan fingerprint density at radius 1 is 1.33 bits per heavy atom. The van der Waals surface area contributed by atoms with Crippen molar-refractivity contribution < 1.29 is 4.79 Å². The average molecular weight is 292 g/mol. The minimum absolute atomic E-state index is 0.106. The van der Waals surface area contributed by atoms with Crippen LogP contribution in [0, 0.1) is 5.92 Å². The van der Waals surface area contributed by atoms with Gasteiger partial charge in [0.1, 0.15) is 0 Å². The fourth-order valence-corrected chi connectivity index (χ4v) is 2.42. The summed E-state index contributed by atoms with van der Waals surface area (Å²) in [5, 5.41) is 6.15. The maximum Gasteiger partial charge on any atom is 0.253 e. The van der Waals surface area contributed by atoms with Crippen LogP contribution in [0.15, 0.2) is 18.2 Å². The van der Waals surface area contributed by atoms with E-state index in [9.17, 15) is 4.79 Å². The van der Waals surface area contributed by atoms with E-state index in [1.165, 1.54) is 0 Å². The van der Waals surface area contributed by atoms with Crippen LogP contribution in [0.2, 0.25) is 0 Å². The molecule has 21 heavy (non-hydrogen) atoms. The van der Waals surface area contributed by atoms with Gasteiger partial charge in [-0.1, -0.05) is 13.8 Å². The van der Waals surface area contributed by atoms with Gasteiger partial charge in [0.2, 0.25) is 0 Å². The number of anilines is 2. The van der Waals surface area contributed by atoms with Gasteiger partial charge in [0.05, 0.1) is 5.56 Å². The van der Waals surface area contributed by atoms with Crippen LogP contribution >= 0.6 is 0 Å². The Bertz CT molecular complexity index is 461. The number of rotatable bonds is 7. The monoisotopic (exact) mass is 292 g/mol. The summed E-state index contributed by atoms with van der Waals surface area (Å²) in [6.07, 6.45) is 1.03. The smallest absolute Gasteiger partial charge is 0.253 e. The zero-order chi connectivity index (χ0) is 16.0. The predicted octanol–water partition coefficient (Wildman–Crippen LogP) is 2.02. The van der Waals surface area contributed by atoms with E-state index in [1.54, 1.807) is 19.2 Å². The van der Waals surface area contributed by atoms with Crippen LogP contribution in [0.25, 0.3) is 0 Å². The highest BCUT2D eigenvalue weighted by Gasteiger charge is 2.16. The molecule has 1 aromatic carbocycles. The molecular weight excluding hydrogens is 264 g/mol. The van der Waals surface area contributed by atoms with Gasteiger partial charge in [-0.05, 0) is 44.6 Å². The first-order chi connectivity index (χ1) is 9.83. The lowest BCUT2D eigenvalue weighted by Gasteiger charge is -2.26. The zero-order valence-electron chi connectivity index (χ0n) is 13.7. The zero-order valence-corrected chi connectivity index (χ0v) is 13.7. The summed E-state index contributed by atoms with van der Waals surface area (Å²) in [6, 6.07) is 5.61. The number of nitrogen functional groups attached to an aromatic ring is 1. The molecule has 0 fully saturated rings. The molecule has 0 aliphatic carbocycles. The van der Waals surface area contributed by atoms with Gasteiger partial charge in [0.25, 0.3) is 5.91 Å². The molecule has 118 valence electrons. The Balaban J connectivity index is 3.00. The summed E-state index contributed by atoms with van der Waals surface area (Å²) in [6.45, 7) is 5.30. The van der Waals surface area contributed by atoms with Gasteiger partial charge in [-0.25, -0.2) is 0 Å². The van der Waals surface area contributed by atoms with Gasteiger partial charge in [0, 0.05) is 31.0 Å².